The normalized spacial score (nSPS) is 11.8. The van der Waals surface area contributed by atoms with Crippen LogP contribution in [-0.2, 0) is 17.9 Å². The first-order valence-electron chi connectivity index (χ1n) is 10.4. The zero-order chi connectivity index (χ0) is 22.2. The molecule has 0 aliphatic rings. The van der Waals surface area contributed by atoms with Gasteiger partial charge in [0, 0.05) is 6.54 Å². The smallest absolute Gasteiger partial charge is 0.261 e. The quantitative estimate of drug-likeness (QED) is 0.488. The Morgan fingerprint density at radius 3 is 2.23 bits per heavy atom. The molecular weight excluding hydrogens is 393 g/mol. The van der Waals surface area contributed by atoms with Gasteiger partial charge < -0.3 is 14.8 Å². The Hall–Kier alpha value is -3.34. The first-order chi connectivity index (χ1) is 14.9. The number of benzene rings is 3. The summed E-state index contributed by atoms with van der Waals surface area (Å²) in [5.41, 5.74) is 2.93. The molecule has 0 aromatic heterocycles. The van der Waals surface area contributed by atoms with E-state index >= 15 is 0 Å². The number of amides is 1. The lowest BCUT2D eigenvalue weighted by Gasteiger charge is -2.18. The predicted octanol–water partition coefficient (Wildman–Crippen LogP) is 5.61. The maximum Gasteiger partial charge on any atom is 0.261 e. The molecule has 1 atom stereocenters. The van der Waals surface area contributed by atoms with Crippen molar-refractivity contribution >= 4 is 5.91 Å². The Bertz CT molecular complexity index is 984. The molecule has 1 N–H and O–H groups in total. The number of hydrogen-bond acceptors (Lipinski definition) is 3. The average Bonchev–Trinajstić information content (AvgIpc) is 2.78. The number of halogens is 1. The molecule has 5 heteroatoms. The summed E-state index contributed by atoms with van der Waals surface area (Å²) in [4.78, 5) is 12.5. The standard InChI is InChI=1S/C26H28FNO3/c1-18(2)24-6-4-5-7-25(24)31-19(3)26(29)28-16-20-10-14-23(15-11-20)30-17-21-8-12-22(27)13-9-21/h4-15,18-19H,16-17H2,1-3H3,(H,28,29). The second-order valence-electron chi connectivity index (χ2n) is 7.73. The van der Waals surface area contributed by atoms with Gasteiger partial charge in [-0.2, -0.15) is 0 Å². The molecule has 0 radical (unpaired) electrons. The fraction of sp³-hybridized carbons (Fsp3) is 0.269. The van der Waals surface area contributed by atoms with Crippen LogP contribution in [0.25, 0.3) is 0 Å². The third kappa shape index (κ3) is 6.57. The molecule has 31 heavy (non-hydrogen) atoms. The summed E-state index contributed by atoms with van der Waals surface area (Å²) in [7, 11) is 0. The molecule has 0 spiro atoms. The molecule has 0 aliphatic carbocycles. The first kappa shape index (κ1) is 22.3. The molecule has 0 aliphatic heterocycles. The highest BCUT2D eigenvalue weighted by Gasteiger charge is 2.17. The first-order valence-corrected chi connectivity index (χ1v) is 10.4. The summed E-state index contributed by atoms with van der Waals surface area (Å²) in [5.74, 6) is 1.33. The van der Waals surface area contributed by atoms with Gasteiger partial charge in [-0.15, -0.1) is 0 Å². The maximum atomic E-state index is 13.0. The Kier molecular flexibility index (Phi) is 7.65. The zero-order valence-electron chi connectivity index (χ0n) is 18.1. The molecule has 3 rings (SSSR count). The van der Waals surface area contributed by atoms with E-state index < -0.39 is 6.10 Å². The molecule has 0 fully saturated rings. The van der Waals surface area contributed by atoms with E-state index in [-0.39, 0.29) is 11.7 Å². The van der Waals surface area contributed by atoms with Crippen LogP contribution in [0.3, 0.4) is 0 Å². The molecule has 3 aromatic carbocycles. The average molecular weight is 422 g/mol. The number of para-hydroxylation sites is 1. The van der Waals surface area contributed by atoms with Crippen molar-refractivity contribution in [2.24, 2.45) is 0 Å². The summed E-state index contributed by atoms with van der Waals surface area (Å²) >= 11 is 0. The summed E-state index contributed by atoms with van der Waals surface area (Å²) in [6.07, 6.45) is -0.599. The Morgan fingerprint density at radius 1 is 0.903 bits per heavy atom. The van der Waals surface area contributed by atoms with E-state index in [2.05, 4.69) is 19.2 Å². The van der Waals surface area contributed by atoms with Crippen molar-refractivity contribution in [3.8, 4) is 11.5 Å². The zero-order valence-corrected chi connectivity index (χ0v) is 18.1. The van der Waals surface area contributed by atoms with Crippen molar-refractivity contribution in [2.45, 2.75) is 45.9 Å². The maximum absolute atomic E-state index is 13.0. The van der Waals surface area contributed by atoms with Gasteiger partial charge in [0.1, 0.15) is 23.9 Å². The Morgan fingerprint density at radius 2 is 1.55 bits per heavy atom. The van der Waals surface area contributed by atoms with Gasteiger partial charge in [-0.3, -0.25) is 4.79 Å². The van der Waals surface area contributed by atoms with Crippen LogP contribution < -0.4 is 14.8 Å². The minimum Gasteiger partial charge on any atom is -0.489 e. The minimum atomic E-state index is -0.599. The van der Waals surface area contributed by atoms with Gasteiger partial charge in [0.25, 0.3) is 5.91 Å². The second-order valence-corrected chi connectivity index (χ2v) is 7.73. The van der Waals surface area contributed by atoms with Gasteiger partial charge in [-0.1, -0.05) is 56.3 Å². The summed E-state index contributed by atoms with van der Waals surface area (Å²) in [5, 5.41) is 2.91. The van der Waals surface area contributed by atoms with Gasteiger partial charge in [0.2, 0.25) is 0 Å². The lowest BCUT2D eigenvalue weighted by atomic mass is 10.0. The predicted molar refractivity (Wildman–Crippen MR) is 120 cm³/mol. The summed E-state index contributed by atoms with van der Waals surface area (Å²) < 4.78 is 24.6. The number of carbonyl (C=O) groups is 1. The lowest BCUT2D eigenvalue weighted by molar-refractivity contribution is -0.127. The fourth-order valence-corrected chi connectivity index (χ4v) is 3.09. The molecule has 0 saturated carbocycles. The van der Waals surface area contributed by atoms with Crippen LogP contribution in [0.1, 0.15) is 43.4 Å². The topological polar surface area (TPSA) is 47.6 Å². The monoisotopic (exact) mass is 421 g/mol. The van der Waals surface area contributed by atoms with Crippen molar-refractivity contribution < 1.29 is 18.7 Å². The van der Waals surface area contributed by atoms with E-state index in [1.54, 1.807) is 19.1 Å². The molecule has 4 nitrogen and oxygen atoms in total. The van der Waals surface area contributed by atoms with Gasteiger partial charge in [-0.05, 0) is 59.9 Å². The van der Waals surface area contributed by atoms with E-state index in [1.165, 1.54) is 12.1 Å². The van der Waals surface area contributed by atoms with Crippen LogP contribution >= 0.6 is 0 Å². The second kappa shape index (κ2) is 10.6. The van der Waals surface area contributed by atoms with Crippen molar-refractivity contribution in [3.63, 3.8) is 0 Å². The van der Waals surface area contributed by atoms with E-state index in [4.69, 9.17) is 9.47 Å². The van der Waals surface area contributed by atoms with Crippen molar-refractivity contribution in [1.82, 2.24) is 5.32 Å². The van der Waals surface area contributed by atoms with Crippen LogP contribution in [0, 0.1) is 5.82 Å². The number of carbonyl (C=O) groups excluding carboxylic acids is 1. The number of ether oxygens (including phenoxy) is 2. The fourth-order valence-electron chi connectivity index (χ4n) is 3.09. The van der Waals surface area contributed by atoms with Crippen LogP contribution in [0.5, 0.6) is 11.5 Å². The van der Waals surface area contributed by atoms with Crippen LogP contribution in [0.2, 0.25) is 0 Å². The Labute approximate surface area is 183 Å². The van der Waals surface area contributed by atoms with E-state index in [1.807, 2.05) is 48.5 Å². The van der Waals surface area contributed by atoms with Crippen molar-refractivity contribution in [2.75, 3.05) is 0 Å². The molecule has 3 aromatic rings. The third-order valence-electron chi connectivity index (χ3n) is 4.92. The highest BCUT2D eigenvalue weighted by Crippen LogP contribution is 2.26. The highest BCUT2D eigenvalue weighted by atomic mass is 19.1. The molecule has 1 unspecified atom stereocenters. The van der Waals surface area contributed by atoms with Gasteiger partial charge in [-0.25, -0.2) is 4.39 Å². The van der Waals surface area contributed by atoms with Crippen molar-refractivity contribution in [1.29, 1.82) is 0 Å². The molecule has 162 valence electrons. The highest BCUT2D eigenvalue weighted by molar-refractivity contribution is 5.80. The van der Waals surface area contributed by atoms with Gasteiger partial charge >= 0.3 is 0 Å². The van der Waals surface area contributed by atoms with E-state index in [0.29, 0.717) is 24.8 Å². The number of hydrogen-bond donors (Lipinski definition) is 1. The minimum absolute atomic E-state index is 0.171. The molecule has 0 heterocycles. The van der Waals surface area contributed by atoms with Crippen LogP contribution in [0.15, 0.2) is 72.8 Å². The van der Waals surface area contributed by atoms with E-state index in [9.17, 15) is 9.18 Å². The molecule has 0 bridgehead atoms. The summed E-state index contributed by atoms with van der Waals surface area (Å²) in [6, 6.07) is 21.5. The van der Waals surface area contributed by atoms with Gasteiger partial charge in [0.15, 0.2) is 6.10 Å². The van der Waals surface area contributed by atoms with Crippen LogP contribution in [0.4, 0.5) is 4.39 Å². The van der Waals surface area contributed by atoms with Crippen LogP contribution in [-0.4, -0.2) is 12.0 Å². The molecule has 0 saturated heterocycles. The Balaban J connectivity index is 1.48. The van der Waals surface area contributed by atoms with E-state index in [0.717, 1.165) is 22.4 Å². The SMILES string of the molecule is CC(Oc1ccccc1C(C)C)C(=O)NCc1ccc(OCc2ccc(F)cc2)cc1. The number of rotatable bonds is 9. The lowest BCUT2D eigenvalue weighted by Crippen LogP contribution is -2.36. The number of nitrogens with one attached hydrogen (secondary N) is 1. The molecule has 1 amide bonds. The largest absolute Gasteiger partial charge is 0.489 e. The third-order valence-corrected chi connectivity index (χ3v) is 4.92. The van der Waals surface area contributed by atoms with Gasteiger partial charge in [0.05, 0.1) is 0 Å². The van der Waals surface area contributed by atoms with Crippen molar-refractivity contribution in [3.05, 3.63) is 95.3 Å². The summed E-state index contributed by atoms with van der Waals surface area (Å²) in [6.45, 7) is 6.71. The molecular formula is C26H28FNO3.